The second kappa shape index (κ2) is 7.62. The Hall–Kier alpha value is -2.14. The lowest BCUT2D eigenvalue weighted by Crippen LogP contribution is -2.54. The number of rotatable bonds is 5. The molecule has 0 aliphatic carbocycles. The third-order valence-electron chi connectivity index (χ3n) is 5.66. The van der Waals surface area contributed by atoms with Gasteiger partial charge in [0.2, 0.25) is 0 Å². The van der Waals surface area contributed by atoms with Crippen molar-refractivity contribution in [3.05, 3.63) is 46.3 Å². The number of quaternary nitrogens is 1. The summed E-state index contributed by atoms with van der Waals surface area (Å²) in [4.78, 5) is 12.9. The standard InChI is InChI=1S/C21H29N3O2/c1-15-9-8-10-16(2)21(15)22-20(25)14-24(11-6-5-7-12-24)13-19-17(3)23-26-18(19)4/h8-10H,5-7,11-14H2,1-4H3/p+1. The average molecular weight is 356 g/mol. The van der Waals surface area contributed by atoms with Crippen molar-refractivity contribution in [2.75, 3.05) is 25.0 Å². The average Bonchev–Trinajstić information content (AvgIpc) is 2.91. The maximum atomic E-state index is 12.9. The third kappa shape index (κ3) is 3.98. The highest BCUT2D eigenvalue weighted by Gasteiger charge is 2.34. The largest absolute Gasteiger partial charge is 0.361 e. The lowest BCUT2D eigenvalue weighted by Gasteiger charge is -2.41. The second-order valence-corrected chi connectivity index (χ2v) is 7.78. The first-order valence-electron chi connectivity index (χ1n) is 9.53. The first-order valence-corrected chi connectivity index (χ1v) is 9.53. The molecule has 140 valence electrons. The van der Waals surface area contributed by atoms with E-state index in [4.69, 9.17) is 4.52 Å². The van der Waals surface area contributed by atoms with Gasteiger partial charge in [-0.15, -0.1) is 0 Å². The van der Waals surface area contributed by atoms with Crippen molar-refractivity contribution in [1.29, 1.82) is 0 Å². The highest BCUT2D eigenvalue weighted by molar-refractivity contribution is 5.93. The molecule has 1 aliphatic heterocycles. The highest BCUT2D eigenvalue weighted by atomic mass is 16.5. The van der Waals surface area contributed by atoms with Gasteiger partial charge in [0.25, 0.3) is 5.91 Å². The molecule has 1 aromatic carbocycles. The quantitative estimate of drug-likeness (QED) is 0.823. The monoisotopic (exact) mass is 356 g/mol. The van der Waals surface area contributed by atoms with Crippen LogP contribution in [0.25, 0.3) is 0 Å². The van der Waals surface area contributed by atoms with Gasteiger partial charge in [0, 0.05) is 5.69 Å². The van der Waals surface area contributed by atoms with Gasteiger partial charge in [0.15, 0.2) is 6.54 Å². The topological polar surface area (TPSA) is 55.1 Å². The molecule has 1 amide bonds. The number of para-hydroxylation sites is 1. The number of aryl methyl sites for hydroxylation is 4. The number of nitrogens with one attached hydrogen (secondary N) is 1. The number of hydrogen-bond acceptors (Lipinski definition) is 3. The minimum atomic E-state index is 0.0936. The summed E-state index contributed by atoms with van der Waals surface area (Å²) < 4.78 is 6.14. The minimum Gasteiger partial charge on any atom is -0.361 e. The Balaban J connectivity index is 1.79. The first-order chi connectivity index (χ1) is 12.4. The van der Waals surface area contributed by atoms with Crippen LogP contribution in [0.15, 0.2) is 22.7 Å². The molecule has 2 heterocycles. The van der Waals surface area contributed by atoms with Gasteiger partial charge in [-0.1, -0.05) is 23.4 Å². The summed E-state index contributed by atoms with van der Waals surface area (Å²) in [5.74, 6) is 0.969. The normalized spacial score (nSPS) is 16.5. The highest BCUT2D eigenvalue weighted by Crippen LogP contribution is 2.26. The van der Waals surface area contributed by atoms with E-state index in [0.29, 0.717) is 6.54 Å². The summed E-state index contributed by atoms with van der Waals surface area (Å²) in [6.07, 6.45) is 3.58. The molecular weight excluding hydrogens is 326 g/mol. The van der Waals surface area contributed by atoms with Crippen molar-refractivity contribution < 1.29 is 13.8 Å². The molecule has 26 heavy (non-hydrogen) atoms. The van der Waals surface area contributed by atoms with Gasteiger partial charge in [0.1, 0.15) is 12.3 Å². The minimum absolute atomic E-state index is 0.0936. The summed E-state index contributed by atoms with van der Waals surface area (Å²) in [6, 6.07) is 6.10. The van der Waals surface area contributed by atoms with Gasteiger partial charge in [-0.05, 0) is 58.1 Å². The summed E-state index contributed by atoms with van der Waals surface area (Å²) in [6.45, 7) is 11.4. The Morgan fingerprint density at radius 1 is 1.12 bits per heavy atom. The molecule has 5 heteroatoms. The van der Waals surface area contributed by atoms with Gasteiger partial charge < -0.3 is 14.3 Å². The van der Waals surface area contributed by atoms with Crippen LogP contribution in [0.4, 0.5) is 5.69 Å². The number of anilines is 1. The summed E-state index contributed by atoms with van der Waals surface area (Å²) >= 11 is 0. The van der Waals surface area contributed by atoms with E-state index in [-0.39, 0.29) is 5.91 Å². The van der Waals surface area contributed by atoms with E-state index >= 15 is 0 Å². The molecule has 2 aromatic rings. The van der Waals surface area contributed by atoms with Crippen LogP contribution in [0.3, 0.4) is 0 Å². The number of amides is 1. The molecule has 3 rings (SSSR count). The molecule has 0 radical (unpaired) electrons. The van der Waals surface area contributed by atoms with Gasteiger partial charge in [-0.25, -0.2) is 0 Å². The number of aromatic nitrogens is 1. The van der Waals surface area contributed by atoms with E-state index in [1.807, 2.05) is 45.9 Å². The second-order valence-electron chi connectivity index (χ2n) is 7.78. The number of hydrogen-bond donors (Lipinski definition) is 1. The molecule has 0 spiro atoms. The molecule has 1 aromatic heterocycles. The fraction of sp³-hybridized carbons (Fsp3) is 0.524. The van der Waals surface area contributed by atoms with Crippen molar-refractivity contribution in [2.45, 2.75) is 53.5 Å². The number of piperidine rings is 1. The number of benzene rings is 1. The molecule has 0 saturated carbocycles. The van der Waals surface area contributed by atoms with E-state index in [2.05, 4.69) is 10.5 Å². The summed E-state index contributed by atoms with van der Waals surface area (Å²) in [5, 5.41) is 7.26. The van der Waals surface area contributed by atoms with Crippen molar-refractivity contribution in [2.24, 2.45) is 0 Å². The smallest absolute Gasteiger partial charge is 0.279 e. The fourth-order valence-electron chi connectivity index (χ4n) is 4.11. The third-order valence-corrected chi connectivity index (χ3v) is 5.66. The van der Waals surface area contributed by atoms with Crippen LogP contribution in [0.2, 0.25) is 0 Å². The van der Waals surface area contributed by atoms with Crippen LogP contribution >= 0.6 is 0 Å². The first kappa shape index (κ1) is 18.6. The van der Waals surface area contributed by atoms with E-state index in [0.717, 1.165) is 57.9 Å². The molecule has 1 fully saturated rings. The Bertz CT molecular complexity index is 749. The van der Waals surface area contributed by atoms with Crippen LogP contribution in [-0.4, -0.2) is 35.2 Å². The van der Waals surface area contributed by atoms with Crippen molar-refractivity contribution in [3.63, 3.8) is 0 Å². The van der Waals surface area contributed by atoms with E-state index < -0.39 is 0 Å². The van der Waals surface area contributed by atoms with Gasteiger partial charge in [-0.3, -0.25) is 4.79 Å². The molecule has 1 aliphatic rings. The molecule has 0 bridgehead atoms. The zero-order chi connectivity index (χ0) is 18.7. The van der Waals surface area contributed by atoms with Crippen molar-refractivity contribution >= 4 is 11.6 Å². The van der Waals surface area contributed by atoms with Crippen LogP contribution in [0, 0.1) is 27.7 Å². The van der Waals surface area contributed by atoms with Crippen LogP contribution in [0.1, 0.15) is 47.4 Å². The molecular formula is C21H30N3O2+. The zero-order valence-electron chi connectivity index (χ0n) is 16.4. The maximum Gasteiger partial charge on any atom is 0.279 e. The zero-order valence-corrected chi connectivity index (χ0v) is 16.4. The van der Waals surface area contributed by atoms with Crippen LogP contribution in [0.5, 0.6) is 0 Å². The van der Waals surface area contributed by atoms with Crippen LogP contribution in [-0.2, 0) is 11.3 Å². The van der Waals surface area contributed by atoms with E-state index in [1.54, 1.807) is 0 Å². The van der Waals surface area contributed by atoms with Gasteiger partial charge in [-0.2, -0.15) is 0 Å². The number of carbonyl (C=O) groups excluding carboxylic acids is 1. The molecule has 0 atom stereocenters. The van der Waals surface area contributed by atoms with Crippen LogP contribution < -0.4 is 5.32 Å². The number of likely N-dealkylation sites (tertiary alicyclic amines) is 1. The van der Waals surface area contributed by atoms with Crippen molar-refractivity contribution in [1.82, 2.24) is 5.16 Å². The number of nitrogens with zero attached hydrogens (tertiary/aromatic N) is 2. The van der Waals surface area contributed by atoms with E-state index in [9.17, 15) is 4.79 Å². The Morgan fingerprint density at radius 2 is 1.77 bits per heavy atom. The Kier molecular flexibility index (Phi) is 5.47. The van der Waals surface area contributed by atoms with E-state index in [1.165, 1.54) is 19.3 Å². The van der Waals surface area contributed by atoms with Gasteiger partial charge in [0.05, 0.1) is 24.3 Å². The SMILES string of the molecule is Cc1cccc(C)c1NC(=O)C[N+]1(Cc2c(C)noc2C)CCCCC1. The Morgan fingerprint density at radius 3 is 2.35 bits per heavy atom. The molecule has 5 nitrogen and oxygen atoms in total. The maximum absolute atomic E-state index is 12.9. The molecule has 1 saturated heterocycles. The lowest BCUT2D eigenvalue weighted by atomic mass is 10.0. The Labute approximate surface area is 156 Å². The number of carbonyl (C=O) groups is 1. The summed E-state index contributed by atoms with van der Waals surface area (Å²) in [5.41, 5.74) is 5.26. The predicted octanol–water partition coefficient (Wildman–Crippen LogP) is 4.05. The summed E-state index contributed by atoms with van der Waals surface area (Å²) in [7, 11) is 0. The predicted molar refractivity (Wildman–Crippen MR) is 103 cm³/mol. The van der Waals surface area contributed by atoms with Gasteiger partial charge >= 0.3 is 0 Å². The molecule has 0 unspecified atom stereocenters. The lowest BCUT2D eigenvalue weighted by molar-refractivity contribution is -0.937. The molecule has 1 N–H and O–H groups in total. The van der Waals surface area contributed by atoms with Crippen molar-refractivity contribution in [3.8, 4) is 0 Å². The fourth-order valence-corrected chi connectivity index (χ4v) is 4.11.